The van der Waals surface area contributed by atoms with Gasteiger partial charge in [-0.25, -0.2) is 15.0 Å². The number of piperidine rings is 1. The lowest BCUT2D eigenvalue weighted by Gasteiger charge is -2.32. The number of carbonyl (C=O) groups excluding carboxylic acids is 1. The van der Waals surface area contributed by atoms with Gasteiger partial charge in [0.25, 0.3) is 0 Å². The summed E-state index contributed by atoms with van der Waals surface area (Å²) in [4.78, 5) is 28.3. The van der Waals surface area contributed by atoms with Crippen LogP contribution >= 0.6 is 0 Å². The van der Waals surface area contributed by atoms with E-state index in [2.05, 4.69) is 15.2 Å². The van der Waals surface area contributed by atoms with Crippen LogP contribution in [0.25, 0.3) is 10.9 Å². The number of nitrogens with zero attached hydrogens (tertiary/aromatic N) is 5. The zero-order valence-electron chi connectivity index (χ0n) is 17.5. The average Bonchev–Trinajstić information content (AvgIpc) is 3.28. The van der Waals surface area contributed by atoms with Gasteiger partial charge in [-0.05, 0) is 44.9 Å². The molecule has 30 heavy (non-hydrogen) atoms. The lowest BCUT2D eigenvalue weighted by atomic mass is 9.97. The number of aryl methyl sites for hydroxylation is 1. The van der Waals surface area contributed by atoms with Crippen molar-refractivity contribution in [3.63, 3.8) is 0 Å². The summed E-state index contributed by atoms with van der Waals surface area (Å²) >= 11 is 0. The average molecular weight is 409 g/mol. The lowest BCUT2D eigenvalue weighted by molar-refractivity contribution is -0.125. The second-order valence-corrected chi connectivity index (χ2v) is 7.60. The van der Waals surface area contributed by atoms with Crippen molar-refractivity contribution >= 4 is 22.8 Å². The molecule has 0 radical (unpaired) electrons. The molecule has 1 atom stereocenters. The van der Waals surface area contributed by atoms with Crippen LogP contribution in [0.4, 0.5) is 5.95 Å². The summed E-state index contributed by atoms with van der Waals surface area (Å²) in [7, 11) is 0. The summed E-state index contributed by atoms with van der Waals surface area (Å²) < 4.78 is 7.55. The third kappa shape index (κ3) is 4.53. The van der Waals surface area contributed by atoms with E-state index in [0.717, 1.165) is 48.3 Å². The first-order chi connectivity index (χ1) is 14.6. The van der Waals surface area contributed by atoms with Crippen molar-refractivity contribution in [3.8, 4) is 5.75 Å². The minimum Gasteiger partial charge on any atom is -0.494 e. The van der Waals surface area contributed by atoms with Crippen LogP contribution in [0.15, 0.2) is 36.9 Å². The Bertz CT molecular complexity index is 1000. The molecule has 1 amide bonds. The van der Waals surface area contributed by atoms with Gasteiger partial charge in [0.1, 0.15) is 5.75 Å². The van der Waals surface area contributed by atoms with Crippen LogP contribution in [0.2, 0.25) is 0 Å². The van der Waals surface area contributed by atoms with Crippen LogP contribution in [-0.4, -0.2) is 51.7 Å². The van der Waals surface area contributed by atoms with E-state index in [0.29, 0.717) is 25.6 Å². The first kappa shape index (κ1) is 20.1. The maximum absolute atomic E-state index is 12.7. The van der Waals surface area contributed by atoms with E-state index in [9.17, 15) is 4.79 Å². The number of nitrogens with one attached hydrogen (secondary N) is 1. The molecule has 0 spiro atoms. The Morgan fingerprint density at radius 2 is 2.23 bits per heavy atom. The van der Waals surface area contributed by atoms with Gasteiger partial charge < -0.3 is 19.5 Å². The van der Waals surface area contributed by atoms with Gasteiger partial charge >= 0.3 is 0 Å². The number of hydrogen-bond acceptors (Lipinski definition) is 6. The summed E-state index contributed by atoms with van der Waals surface area (Å²) in [5.74, 6) is 1.56. The molecule has 0 saturated carbocycles. The number of hydrogen-bond donors (Lipinski definition) is 1. The van der Waals surface area contributed by atoms with E-state index < -0.39 is 0 Å². The molecule has 8 heteroatoms. The third-order valence-electron chi connectivity index (χ3n) is 5.46. The Balaban J connectivity index is 1.42. The predicted molar refractivity (Wildman–Crippen MR) is 116 cm³/mol. The number of benzene rings is 1. The quantitative estimate of drug-likeness (QED) is 0.647. The summed E-state index contributed by atoms with van der Waals surface area (Å²) in [6, 6.07) is 5.90. The Kier molecular flexibility index (Phi) is 6.11. The third-order valence-corrected chi connectivity index (χ3v) is 5.46. The second kappa shape index (κ2) is 9.11. The SMILES string of the molecule is CCOc1ccc2nc(N3CCCC(C(=O)NCCn4ccnc4)C3)nc(C)c2c1. The van der Waals surface area contributed by atoms with Crippen LogP contribution in [0.1, 0.15) is 25.5 Å². The highest BCUT2D eigenvalue weighted by atomic mass is 16.5. The van der Waals surface area contributed by atoms with Gasteiger partial charge in [0.2, 0.25) is 11.9 Å². The highest BCUT2D eigenvalue weighted by Gasteiger charge is 2.27. The Hall–Kier alpha value is -3.16. The molecule has 3 heterocycles. The molecule has 0 aliphatic carbocycles. The van der Waals surface area contributed by atoms with Crippen LogP contribution < -0.4 is 15.0 Å². The summed E-state index contributed by atoms with van der Waals surface area (Å²) in [6.45, 7) is 7.41. The summed E-state index contributed by atoms with van der Waals surface area (Å²) in [6.07, 6.45) is 7.22. The molecule has 1 aromatic carbocycles. The van der Waals surface area contributed by atoms with Gasteiger partial charge in [-0.15, -0.1) is 0 Å². The summed E-state index contributed by atoms with van der Waals surface area (Å²) in [5, 5.41) is 4.05. The first-order valence-corrected chi connectivity index (χ1v) is 10.5. The lowest BCUT2D eigenvalue weighted by Crippen LogP contribution is -2.44. The number of fused-ring (bicyclic) bond motifs is 1. The van der Waals surface area contributed by atoms with E-state index in [4.69, 9.17) is 14.7 Å². The summed E-state index contributed by atoms with van der Waals surface area (Å²) in [5.41, 5.74) is 1.82. The highest BCUT2D eigenvalue weighted by molar-refractivity contribution is 5.83. The second-order valence-electron chi connectivity index (χ2n) is 7.60. The van der Waals surface area contributed by atoms with Gasteiger partial charge in [-0.3, -0.25) is 4.79 Å². The smallest absolute Gasteiger partial charge is 0.226 e. The number of amides is 1. The topological polar surface area (TPSA) is 85.2 Å². The largest absolute Gasteiger partial charge is 0.494 e. The van der Waals surface area contributed by atoms with Crippen molar-refractivity contribution in [2.75, 3.05) is 31.1 Å². The molecule has 1 N–H and O–H groups in total. The molecule has 1 saturated heterocycles. The number of rotatable bonds is 7. The van der Waals surface area contributed by atoms with Crippen molar-refractivity contribution in [2.45, 2.75) is 33.2 Å². The monoisotopic (exact) mass is 408 g/mol. The van der Waals surface area contributed by atoms with E-state index in [-0.39, 0.29) is 11.8 Å². The Morgan fingerprint density at radius 1 is 1.33 bits per heavy atom. The van der Waals surface area contributed by atoms with Gasteiger partial charge in [0.05, 0.1) is 30.1 Å². The van der Waals surface area contributed by atoms with E-state index in [1.807, 2.05) is 42.8 Å². The molecular weight excluding hydrogens is 380 g/mol. The maximum Gasteiger partial charge on any atom is 0.226 e. The van der Waals surface area contributed by atoms with Crippen molar-refractivity contribution in [3.05, 3.63) is 42.6 Å². The molecule has 0 bridgehead atoms. The van der Waals surface area contributed by atoms with Crippen LogP contribution in [0.3, 0.4) is 0 Å². The molecule has 2 aromatic heterocycles. The van der Waals surface area contributed by atoms with E-state index in [1.165, 1.54) is 0 Å². The van der Waals surface area contributed by atoms with Crippen molar-refractivity contribution in [1.29, 1.82) is 0 Å². The minimum atomic E-state index is -0.0542. The predicted octanol–water partition coefficient (Wildman–Crippen LogP) is 2.57. The molecule has 1 aliphatic heterocycles. The zero-order chi connectivity index (χ0) is 20.9. The number of ether oxygens (including phenoxy) is 1. The molecule has 1 fully saturated rings. The number of aromatic nitrogens is 4. The molecule has 4 rings (SSSR count). The maximum atomic E-state index is 12.7. The zero-order valence-corrected chi connectivity index (χ0v) is 17.5. The molecule has 3 aromatic rings. The molecule has 158 valence electrons. The first-order valence-electron chi connectivity index (χ1n) is 10.5. The molecule has 8 nitrogen and oxygen atoms in total. The van der Waals surface area contributed by atoms with Crippen LogP contribution in [-0.2, 0) is 11.3 Å². The van der Waals surface area contributed by atoms with Crippen molar-refractivity contribution in [2.24, 2.45) is 5.92 Å². The van der Waals surface area contributed by atoms with Crippen LogP contribution in [0.5, 0.6) is 5.75 Å². The molecule has 1 aliphatic rings. The van der Waals surface area contributed by atoms with Crippen LogP contribution in [0, 0.1) is 12.8 Å². The Morgan fingerprint density at radius 3 is 3.03 bits per heavy atom. The van der Waals surface area contributed by atoms with E-state index >= 15 is 0 Å². The number of carbonyl (C=O) groups is 1. The van der Waals surface area contributed by atoms with E-state index in [1.54, 1.807) is 12.5 Å². The van der Waals surface area contributed by atoms with Crippen molar-refractivity contribution < 1.29 is 9.53 Å². The van der Waals surface area contributed by atoms with Gasteiger partial charge in [0, 0.05) is 44.0 Å². The van der Waals surface area contributed by atoms with Gasteiger partial charge in [-0.1, -0.05) is 0 Å². The number of imidazole rings is 1. The normalized spacial score (nSPS) is 16.6. The van der Waals surface area contributed by atoms with Gasteiger partial charge in [-0.2, -0.15) is 0 Å². The standard InChI is InChI=1S/C22H28N6O2/c1-3-30-18-6-7-20-19(13-18)16(2)25-22(26-20)28-10-4-5-17(14-28)21(29)24-9-12-27-11-8-23-15-27/h6-8,11,13,15,17H,3-5,9-10,12,14H2,1-2H3,(H,24,29). The minimum absolute atomic E-state index is 0.0542. The van der Waals surface area contributed by atoms with Crippen molar-refractivity contribution in [1.82, 2.24) is 24.8 Å². The fourth-order valence-corrected chi connectivity index (χ4v) is 3.89. The fourth-order valence-electron chi connectivity index (χ4n) is 3.89. The number of anilines is 1. The fraction of sp³-hybridized carbons (Fsp3) is 0.455. The molecule has 1 unspecified atom stereocenters. The molecular formula is C22H28N6O2. The van der Waals surface area contributed by atoms with Gasteiger partial charge in [0.15, 0.2) is 0 Å². The Labute approximate surface area is 176 Å². The highest BCUT2D eigenvalue weighted by Crippen LogP contribution is 2.26.